The number of rotatable bonds is 3. The SMILES string of the molecule is Cc1nc(OC2CCNC2)cc(-c2ccccc2)n1. The average Bonchev–Trinajstić information content (AvgIpc) is 2.92. The van der Waals surface area contributed by atoms with Gasteiger partial charge in [-0.3, -0.25) is 0 Å². The van der Waals surface area contributed by atoms with Crippen LogP contribution >= 0.6 is 0 Å². The number of hydrogen-bond acceptors (Lipinski definition) is 4. The van der Waals surface area contributed by atoms with Gasteiger partial charge in [-0.05, 0) is 19.9 Å². The van der Waals surface area contributed by atoms with Gasteiger partial charge in [0.2, 0.25) is 5.88 Å². The van der Waals surface area contributed by atoms with Crippen molar-refractivity contribution in [2.75, 3.05) is 13.1 Å². The Morgan fingerprint density at radius 1 is 1.21 bits per heavy atom. The molecular weight excluding hydrogens is 238 g/mol. The van der Waals surface area contributed by atoms with E-state index in [1.54, 1.807) is 0 Å². The average molecular weight is 255 g/mol. The van der Waals surface area contributed by atoms with Crippen molar-refractivity contribution in [1.82, 2.24) is 15.3 Å². The number of nitrogens with zero attached hydrogens (tertiary/aromatic N) is 2. The van der Waals surface area contributed by atoms with Crippen molar-refractivity contribution in [3.05, 3.63) is 42.2 Å². The molecule has 0 amide bonds. The van der Waals surface area contributed by atoms with E-state index in [2.05, 4.69) is 15.3 Å². The van der Waals surface area contributed by atoms with E-state index in [0.717, 1.165) is 36.6 Å². The van der Waals surface area contributed by atoms with Crippen LogP contribution in [0.25, 0.3) is 11.3 Å². The van der Waals surface area contributed by atoms with Crippen molar-refractivity contribution in [3.63, 3.8) is 0 Å². The lowest BCUT2D eigenvalue weighted by Gasteiger charge is -2.12. The van der Waals surface area contributed by atoms with Crippen LogP contribution in [0.5, 0.6) is 5.88 Å². The largest absolute Gasteiger partial charge is 0.473 e. The van der Waals surface area contributed by atoms with Gasteiger partial charge >= 0.3 is 0 Å². The molecule has 19 heavy (non-hydrogen) atoms. The summed E-state index contributed by atoms with van der Waals surface area (Å²) in [5.74, 6) is 1.40. The minimum absolute atomic E-state index is 0.220. The van der Waals surface area contributed by atoms with Crippen molar-refractivity contribution in [1.29, 1.82) is 0 Å². The van der Waals surface area contributed by atoms with Gasteiger partial charge in [0.1, 0.15) is 11.9 Å². The molecule has 1 unspecified atom stereocenters. The van der Waals surface area contributed by atoms with Gasteiger partial charge in [0.15, 0.2) is 0 Å². The molecule has 0 aliphatic carbocycles. The second-order valence-corrected chi connectivity index (χ2v) is 4.74. The molecule has 2 heterocycles. The summed E-state index contributed by atoms with van der Waals surface area (Å²) >= 11 is 0. The van der Waals surface area contributed by atoms with Gasteiger partial charge in [-0.1, -0.05) is 30.3 Å². The third kappa shape index (κ3) is 2.90. The quantitative estimate of drug-likeness (QED) is 0.913. The number of aromatic nitrogens is 2. The molecule has 1 atom stereocenters. The van der Waals surface area contributed by atoms with E-state index >= 15 is 0 Å². The van der Waals surface area contributed by atoms with E-state index in [1.807, 2.05) is 43.3 Å². The molecule has 3 rings (SSSR count). The highest BCUT2D eigenvalue weighted by Crippen LogP contribution is 2.21. The highest BCUT2D eigenvalue weighted by atomic mass is 16.5. The first-order valence-corrected chi connectivity index (χ1v) is 6.60. The standard InChI is InChI=1S/C15H17N3O/c1-11-17-14(12-5-3-2-4-6-12)9-15(18-11)19-13-7-8-16-10-13/h2-6,9,13,16H,7-8,10H2,1H3. The lowest BCUT2D eigenvalue weighted by atomic mass is 10.1. The molecular formula is C15H17N3O. The first kappa shape index (κ1) is 12.1. The molecule has 1 fully saturated rings. The fourth-order valence-corrected chi connectivity index (χ4v) is 2.26. The molecule has 0 bridgehead atoms. The predicted octanol–water partition coefficient (Wildman–Crippen LogP) is 2.19. The Bertz CT molecular complexity index is 551. The Morgan fingerprint density at radius 2 is 2.05 bits per heavy atom. The topological polar surface area (TPSA) is 47.0 Å². The Kier molecular flexibility index (Phi) is 3.42. The fraction of sp³-hybridized carbons (Fsp3) is 0.333. The molecule has 1 saturated heterocycles. The van der Waals surface area contributed by atoms with Crippen LogP contribution in [0.2, 0.25) is 0 Å². The molecule has 1 aromatic carbocycles. The highest BCUT2D eigenvalue weighted by Gasteiger charge is 2.17. The molecule has 4 nitrogen and oxygen atoms in total. The number of nitrogens with one attached hydrogen (secondary N) is 1. The van der Waals surface area contributed by atoms with Crippen molar-refractivity contribution in [2.24, 2.45) is 0 Å². The Balaban J connectivity index is 1.87. The minimum atomic E-state index is 0.220. The van der Waals surface area contributed by atoms with Crippen molar-refractivity contribution < 1.29 is 4.74 Å². The molecule has 0 saturated carbocycles. The monoisotopic (exact) mass is 255 g/mol. The van der Waals surface area contributed by atoms with Crippen molar-refractivity contribution >= 4 is 0 Å². The van der Waals surface area contributed by atoms with Crippen LogP contribution in [0.4, 0.5) is 0 Å². The molecule has 1 N–H and O–H groups in total. The summed E-state index contributed by atoms with van der Waals surface area (Å²) in [5.41, 5.74) is 2.00. The second kappa shape index (κ2) is 5.36. The zero-order chi connectivity index (χ0) is 13.1. The third-order valence-corrected chi connectivity index (χ3v) is 3.19. The van der Waals surface area contributed by atoms with E-state index in [-0.39, 0.29) is 6.10 Å². The Labute approximate surface area is 112 Å². The Morgan fingerprint density at radius 3 is 2.79 bits per heavy atom. The van der Waals surface area contributed by atoms with Crippen LogP contribution in [-0.2, 0) is 0 Å². The van der Waals surface area contributed by atoms with E-state index in [4.69, 9.17) is 4.74 Å². The van der Waals surface area contributed by atoms with Crippen LogP contribution in [-0.4, -0.2) is 29.2 Å². The van der Waals surface area contributed by atoms with Gasteiger partial charge in [-0.2, -0.15) is 4.98 Å². The van der Waals surface area contributed by atoms with Gasteiger partial charge in [0, 0.05) is 18.2 Å². The highest BCUT2D eigenvalue weighted by molar-refractivity contribution is 5.59. The second-order valence-electron chi connectivity index (χ2n) is 4.74. The van der Waals surface area contributed by atoms with Crippen LogP contribution in [0.15, 0.2) is 36.4 Å². The van der Waals surface area contributed by atoms with E-state index < -0.39 is 0 Å². The summed E-state index contributed by atoms with van der Waals surface area (Å²) in [5, 5.41) is 3.29. The number of ether oxygens (including phenoxy) is 1. The number of hydrogen-bond donors (Lipinski definition) is 1. The van der Waals surface area contributed by atoms with Gasteiger partial charge in [0.25, 0.3) is 0 Å². The molecule has 2 aromatic rings. The molecule has 0 radical (unpaired) electrons. The molecule has 4 heteroatoms. The van der Waals surface area contributed by atoms with E-state index in [1.165, 1.54) is 0 Å². The molecule has 1 aliphatic heterocycles. The maximum Gasteiger partial charge on any atom is 0.217 e. The molecule has 1 aliphatic rings. The summed E-state index contributed by atoms with van der Waals surface area (Å²) in [6.07, 6.45) is 1.25. The van der Waals surface area contributed by atoms with Gasteiger partial charge in [0.05, 0.1) is 5.69 Å². The molecule has 98 valence electrons. The fourth-order valence-electron chi connectivity index (χ4n) is 2.26. The first-order chi connectivity index (χ1) is 9.31. The minimum Gasteiger partial charge on any atom is -0.473 e. The lowest BCUT2D eigenvalue weighted by Crippen LogP contribution is -2.20. The van der Waals surface area contributed by atoms with Gasteiger partial charge in [-0.25, -0.2) is 4.98 Å². The lowest BCUT2D eigenvalue weighted by molar-refractivity contribution is 0.213. The van der Waals surface area contributed by atoms with Gasteiger partial charge < -0.3 is 10.1 Å². The van der Waals surface area contributed by atoms with Crippen molar-refractivity contribution in [2.45, 2.75) is 19.4 Å². The molecule has 1 aromatic heterocycles. The van der Waals surface area contributed by atoms with Gasteiger partial charge in [-0.15, -0.1) is 0 Å². The maximum atomic E-state index is 5.90. The summed E-state index contributed by atoms with van der Waals surface area (Å²) in [7, 11) is 0. The van der Waals surface area contributed by atoms with Crippen LogP contribution in [0.1, 0.15) is 12.2 Å². The van der Waals surface area contributed by atoms with Crippen LogP contribution < -0.4 is 10.1 Å². The van der Waals surface area contributed by atoms with Crippen LogP contribution in [0.3, 0.4) is 0 Å². The van der Waals surface area contributed by atoms with E-state index in [9.17, 15) is 0 Å². The predicted molar refractivity (Wildman–Crippen MR) is 74.1 cm³/mol. The maximum absolute atomic E-state index is 5.90. The smallest absolute Gasteiger partial charge is 0.217 e. The zero-order valence-corrected chi connectivity index (χ0v) is 11.0. The zero-order valence-electron chi connectivity index (χ0n) is 11.0. The number of benzene rings is 1. The summed E-state index contributed by atoms with van der Waals surface area (Å²) in [6.45, 7) is 3.80. The van der Waals surface area contributed by atoms with Crippen LogP contribution in [0, 0.1) is 6.92 Å². The summed E-state index contributed by atoms with van der Waals surface area (Å²) in [4.78, 5) is 8.83. The molecule has 0 spiro atoms. The van der Waals surface area contributed by atoms with E-state index in [0.29, 0.717) is 5.88 Å². The number of aryl methyl sites for hydroxylation is 1. The Hall–Kier alpha value is -1.94. The third-order valence-electron chi connectivity index (χ3n) is 3.19. The summed E-state index contributed by atoms with van der Waals surface area (Å²) in [6, 6.07) is 12.0. The first-order valence-electron chi connectivity index (χ1n) is 6.60. The van der Waals surface area contributed by atoms with Crippen molar-refractivity contribution in [3.8, 4) is 17.1 Å². The normalized spacial score (nSPS) is 18.5. The summed E-state index contributed by atoms with van der Waals surface area (Å²) < 4.78 is 5.90.